The number of rotatable bonds is 4. The molecule has 1 aliphatic heterocycles. The van der Waals surface area contributed by atoms with Crippen LogP contribution in [0, 0.1) is 16.0 Å². The fourth-order valence-electron chi connectivity index (χ4n) is 3.54. The molecular formula is C17H19N3O5. The van der Waals surface area contributed by atoms with E-state index in [1.165, 1.54) is 18.2 Å². The van der Waals surface area contributed by atoms with Crippen LogP contribution >= 0.6 is 0 Å². The zero-order valence-electron chi connectivity index (χ0n) is 13.9. The van der Waals surface area contributed by atoms with Gasteiger partial charge in [-0.15, -0.1) is 0 Å². The van der Waals surface area contributed by atoms with Gasteiger partial charge in [-0.25, -0.2) is 0 Å². The Morgan fingerprint density at radius 2 is 2.00 bits per heavy atom. The number of carbonyl (C=O) groups excluding carboxylic acids is 3. The number of nitrogens with one attached hydrogen (secondary N) is 1. The molecular weight excluding hydrogens is 326 g/mol. The average molecular weight is 345 g/mol. The molecule has 8 nitrogen and oxygen atoms in total. The summed E-state index contributed by atoms with van der Waals surface area (Å²) in [7, 11) is 0. The van der Waals surface area contributed by atoms with Gasteiger partial charge in [0.1, 0.15) is 12.1 Å². The molecule has 1 aliphatic carbocycles. The quantitative estimate of drug-likeness (QED) is 0.509. The summed E-state index contributed by atoms with van der Waals surface area (Å²) in [6.07, 6.45) is 4.08. The Hall–Kier alpha value is -2.77. The topological polar surface area (TPSA) is 110 Å². The van der Waals surface area contributed by atoms with Crippen LogP contribution in [0.4, 0.5) is 5.69 Å². The molecule has 2 aliphatic rings. The van der Waals surface area contributed by atoms with Gasteiger partial charge in [0.2, 0.25) is 5.91 Å². The fourth-order valence-corrected chi connectivity index (χ4v) is 3.54. The number of hydrogen-bond donors (Lipinski definition) is 1. The summed E-state index contributed by atoms with van der Waals surface area (Å²) in [5, 5.41) is 14.0. The molecule has 132 valence electrons. The summed E-state index contributed by atoms with van der Waals surface area (Å²) in [6.45, 7) is 1.64. The van der Waals surface area contributed by atoms with E-state index in [9.17, 15) is 24.5 Å². The first-order valence-corrected chi connectivity index (χ1v) is 8.33. The van der Waals surface area contributed by atoms with Gasteiger partial charge >= 0.3 is 0 Å². The molecule has 25 heavy (non-hydrogen) atoms. The molecule has 0 spiro atoms. The lowest BCUT2D eigenvalue weighted by Crippen LogP contribution is -2.46. The van der Waals surface area contributed by atoms with Crippen LogP contribution in [0.3, 0.4) is 0 Å². The van der Waals surface area contributed by atoms with Crippen LogP contribution in [0.25, 0.3) is 0 Å². The normalized spacial score (nSPS) is 22.7. The maximum Gasteiger partial charge on any atom is 0.282 e. The molecule has 2 unspecified atom stereocenters. The zero-order valence-corrected chi connectivity index (χ0v) is 13.9. The predicted molar refractivity (Wildman–Crippen MR) is 88.0 cm³/mol. The van der Waals surface area contributed by atoms with Gasteiger partial charge in [-0.1, -0.05) is 25.8 Å². The smallest absolute Gasteiger partial charge is 0.282 e. The highest BCUT2D eigenvalue weighted by Crippen LogP contribution is 2.30. The number of hydrogen-bond acceptors (Lipinski definition) is 5. The van der Waals surface area contributed by atoms with E-state index >= 15 is 0 Å². The highest BCUT2D eigenvalue weighted by Gasteiger charge is 2.41. The van der Waals surface area contributed by atoms with Gasteiger partial charge in [-0.2, -0.15) is 0 Å². The van der Waals surface area contributed by atoms with Crippen molar-refractivity contribution in [2.75, 3.05) is 6.54 Å². The Balaban J connectivity index is 1.75. The number of nitrogens with zero attached hydrogens (tertiary/aromatic N) is 2. The first-order chi connectivity index (χ1) is 11.9. The van der Waals surface area contributed by atoms with Gasteiger partial charge in [0.15, 0.2) is 0 Å². The molecule has 0 radical (unpaired) electrons. The van der Waals surface area contributed by atoms with Gasteiger partial charge < -0.3 is 5.32 Å². The molecule has 1 fully saturated rings. The third kappa shape index (κ3) is 3.11. The minimum atomic E-state index is -0.792. The van der Waals surface area contributed by atoms with Crippen molar-refractivity contribution in [3.63, 3.8) is 0 Å². The molecule has 2 atom stereocenters. The van der Waals surface area contributed by atoms with E-state index in [1.54, 1.807) is 0 Å². The SMILES string of the molecule is CC1CCCCC1NC(=O)CN1C(=O)c2cccc([N+](=O)[O-])c2C1=O. The first kappa shape index (κ1) is 17.1. The van der Waals surface area contributed by atoms with Crippen LogP contribution in [0.2, 0.25) is 0 Å². The summed E-state index contributed by atoms with van der Waals surface area (Å²) in [5.74, 6) is -1.54. The molecule has 8 heteroatoms. The number of fused-ring (bicyclic) bond motifs is 1. The molecule has 1 aromatic rings. The van der Waals surface area contributed by atoms with Gasteiger partial charge in [0, 0.05) is 12.1 Å². The van der Waals surface area contributed by atoms with Crippen molar-refractivity contribution in [3.05, 3.63) is 39.4 Å². The van der Waals surface area contributed by atoms with E-state index in [1.807, 2.05) is 0 Å². The third-order valence-corrected chi connectivity index (χ3v) is 4.93. The van der Waals surface area contributed by atoms with Gasteiger partial charge in [0.05, 0.1) is 10.5 Å². The van der Waals surface area contributed by atoms with Crippen molar-refractivity contribution in [1.29, 1.82) is 0 Å². The fraction of sp³-hybridized carbons (Fsp3) is 0.471. The molecule has 0 saturated heterocycles. The van der Waals surface area contributed by atoms with E-state index in [0.29, 0.717) is 5.92 Å². The molecule has 3 rings (SSSR count). The van der Waals surface area contributed by atoms with Crippen LogP contribution in [0.1, 0.15) is 53.3 Å². The monoisotopic (exact) mass is 345 g/mol. The van der Waals surface area contributed by atoms with Crippen LogP contribution in [0.15, 0.2) is 18.2 Å². The second-order valence-corrected chi connectivity index (χ2v) is 6.59. The van der Waals surface area contributed by atoms with Crippen molar-refractivity contribution in [2.45, 2.75) is 38.6 Å². The van der Waals surface area contributed by atoms with E-state index in [-0.39, 0.29) is 17.2 Å². The Bertz CT molecular complexity index is 761. The Labute approximate surface area is 144 Å². The molecule has 1 aromatic carbocycles. The lowest BCUT2D eigenvalue weighted by Gasteiger charge is -2.30. The number of benzene rings is 1. The zero-order chi connectivity index (χ0) is 18.1. The first-order valence-electron chi connectivity index (χ1n) is 8.33. The summed E-state index contributed by atoms with van der Waals surface area (Å²) < 4.78 is 0. The highest BCUT2D eigenvalue weighted by molar-refractivity contribution is 6.24. The summed E-state index contributed by atoms with van der Waals surface area (Å²) in [5.41, 5.74) is -0.686. The third-order valence-electron chi connectivity index (χ3n) is 4.93. The average Bonchev–Trinajstić information content (AvgIpc) is 2.82. The van der Waals surface area contributed by atoms with Crippen LogP contribution in [-0.4, -0.2) is 40.1 Å². The van der Waals surface area contributed by atoms with E-state index < -0.39 is 34.9 Å². The molecule has 1 N–H and O–H groups in total. The lowest BCUT2D eigenvalue weighted by atomic mass is 9.86. The largest absolute Gasteiger partial charge is 0.352 e. The van der Waals surface area contributed by atoms with Crippen LogP contribution in [0.5, 0.6) is 0 Å². The maximum absolute atomic E-state index is 12.4. The summed E-state index contributed by atoms with van der Waals surface area (Å²) >= 11 is 0. The van der Waals surface area contributed by atoms with Crippen molar-refractivity contribution < 1.29 is 19.3 Å². The Kier molecular flexibility index (Phi) is 4.52. The standard InChI is InChI=1S/C17H19N3O5/c1-10-5-2-3-7-12(10)18-14(21)9-19-16(22)11-6-4-8-13(20(24)25)15(11)17(19)23/h4,6,8,10,12H,2-3,5,7,9H2,1H3,(H,18,21). The van der Waals surface area contributed by atoms with Gasteiger partial charge in [0.25, 0.3) is 17.5 Å². The van der Waals surface area contributed by atoms with Crippen molar-refractivity contribution in [2.24, 2.45) is 5.92 Å². The summed E-state index contributed by atoms with van der Waals surface area (Å²) in [6, 6.07) is 3.93. The van der Waals surface area contributed by atoms with Crippen LogP contribution < -0.4 is 5.32 Å². The maximum atomic E-state index is 12.4. The Morgan fingerprint density at radius 1 is 1.28 bits per heavy atom. The van der Waals surface area contributed by atoms with Crippen molar-refractivity contribution in [1.82, 2.24) is 10.2 Å². The number of amides is 3. The van der Waals surface area contributed by atoms with Crippen LogP contribution in [-0.2, 0) is 4.79 Å². The van der Waals surface area contributed by atoms with Crippen molar-refractivity contribution >= 4 is 23.4 Å². The van der Waals surface area contributed by atoms with E-state index in [0.717, 1.165) is 30.6 Å². The van der Waals surface area contributed by atoms with Crippen molar-refractivity contribution in [3.8, 4) is 0 Å². The minimum Gasteiger partial charge on any atom is -0.352 e. The van der Waals surface area contributed by atoms with E-state index in [2.05, 4.69) is 12.2 Å². The second kappa shape index (κ2) is 6.62. The Morgan fingerprint density at radius 3 is 2.68 bits per heavy atom. The number of nitro benzene ring substituents is 1. The lowest BCUT2D eigenvalue weighted by molar-refractivity contribution is -0.385. The molecule has 0 aromatic heterocycles. The van der Waals surface area contributed by atoms with E-state index in [4.69, 9.17) is 0 Å². The summed E-state index contributed by atoms with van der Waals surface area (Å²) in [4.78, 5) is 48.3. The predicted octanol–water partition coefficient (Wildman–Crippen LogP) is 1.89. The number of carbonyl (C=O) groups is 3. The second-order valence-electron chi connectivity index (χ2n) is 6.59. The number of nitro groups is 1. The highest BCUT2D eigenvalue weighted by atomic mass is 16.6. The number of imide groups is 1. The molecule has 1 heterocycles. The minimum absolute atomic E-state index is 0.0296. The molecule has 1 saturated carbocycles. The molecule has 3 amide bonds. The molecule has 0 bridgehead atoms. The van der Waals surface area contributed by atoms with Gasteiger partial charge in [-0.3, -0.25) is 29.4 Å². The van der Waals surface area contributed by atoms with Gasteiger partial charge in [-0.05, 0) is 24.8 Å².